The smallest absolute Gasteiger partial charge is 0.432 e. The van der Waals surface area contributed by atoms with Crippen LogP contribution in [0.1, 0.15) is 30.5 Å². The Balaban J connectivity index is 3.35. The number of hydrogen-bond donors (Lipinski definition) is 2. The Morgan fingerprint density at radius 3 is 2.12 bits per heavy atom. The summed E-state index contributed by atoms with van der Waals surface area (Å²) in [6.07, 6.45) is -5.27. The molecule has 0 aliphatic carbocycles. The lowest BCUT2D eigenvalue weighted by Gasteiger charge is -2.29. The van der Waals surface area contributed by atoms with Crippen molar-refractivity contribution in [2.75, 3.05) is 19.0 Å². The SMILES string of the molecule is CCOC(=O)C(C)Nc1c(C)cc(C(O)(C(=O)OC)C(F)(F)F)cc1C. The number of benzene rings is 1. The molecule has 2 N–H and O–H groups in total. The molecule has 9 heteroatoms. The average Bonchev–Trinajstić information content (AvgIpc) is 2.55. The van der Waals surface area contributed by atoms with Gasteiger partial charge in [0.1, 0.15) is 6.04 Å². The summed E-state index contributed by atoms with van der Waals surface area (Å²) in [7, 11) is 0.760. The van der Waals surface area contributed by atoms with E-state index in [1.165, 1.54) is 13.8 Å². The first-order chi connectivity index (χ1) is 11.9. The van der Waals surface area contributed by atoms with Crippen molar-refractivity contribution in [2.24, 2.45) is 0 Å². The molecular formula is C17H22F3NO5. The topological polar surface area (TPSA) is 84.9 Å². The summed E-state index contributed by atoms with van der Waals surface area (Å²) in [4.78, 5) is 23.4. The molecule has 1 aromatic rings. The van der Waals surface area contributed by atoms with Crippen molar-refractivity contribution in [2.45, 2.75) is 45.5 Å². The van der Waals surface area contributed by atoms with Crippen molar-refractivity contribution in [1.29, 1.82) is 0 Å². The molecule has 2 atom stereocenters. The lowest BCUT2D eigenvalue weighted by atomic mass is 9.89. The molecule has 0 fully saturated rings. The molecule has 0 aromatic heterocycles. The zero-order valence-corrected chi connectivity index (χ0v) is 15.2. The summed E-state index contributed by atoms with van der Waals surface area (Å²) in [5.74, 6) is -2.35. The van der Waals surface area contributed by atoms with Gasteiger partial charge in [-0.3, -0.25) is 0 Å². The highest BCUT2D eigenvalue weighted by molar-refractivity contribution is 5.83. The minimum Gasteiger partial charge on any atom is -0.466 e. The highest BCUT2D eigenvalue weighted by Gasteiger charge is 2.62. The molecule has 1 rings (SSSR count). The Labute approximate surface area is 149 Å². The van der Waals surface area contributed by atoms with E-state index in [0.29, 0.717) is 16.8 Å². The zero-order valence-electron chi connectivity index (χ0n) is 15.2. The van der Waals surface area contributed by atoms with E-state index in [1.807, 2.05) is 0 Å². The van der Waals surface area contributed by atoms with E-state index in [9.17, 15) is 27.9 Å². The number of anilines is 1. The van der Waals surface area contributed by atoms with Crippen LogP contribution in [0, 0.1) is 13.8 Å². The summed E-state index contributed by atoms with van der Waals surface area (Å²) < 4.78 is 49.1. The van der Waals surface area contributed by atoms with E-state index in [4.69, 9.17) is 4.74 Å². The molecule has 26 heavy (non-hydrogen) atoms. The second-order valence-corrected chi connectivity index (χ2v) is 5.80. The van der Waals surface area contributed by atoms with Crippen LogP contribution in [0.2, 0.25) is 0 Å². The van der Waals surface area contributed by atoms with Gasteiger partial charge in [0, 0.05) is 11.3 Å². The first-order valence-corrected chi connectivity index (χ1v) is 7.82. The van der Waals surface area contributed by atoms with Gasteiger partial charge in [-0.25, -0.2) is 9.59 Å². The van der Waals surface area contributed by atoms with Gasteiger partial charge in [-0.05, 0) is 38.8 Å². The number of alkyl halides is 3. The number of nitrogens with one attached hydrogen (secondary N) is 1. The van der Waals surface area contributed by atoms with Crippen molar-refractivity contribution in [3.8, 4) is 0 Å². The van der Waals surface area contributed by atoms with Crippen molar-refractivity contribution in [3.63, 3.8) is 0 Å². The van der Waals surface area contributed by atoms with Gasteiger partial charge in [0.15, 0.2) is 0 Å². The predicted molar refractivity (Wildman–Crippen MR) is 87.6 cm³/mol. The van der Waals surface area contributed by atoms with Crippen molar-refractivity contribution < 1.29 is 37.3 Å². The fraction of sp³-hybridized carbons (Fsp3) is 0.529. The molecule has 0 amide bonds. The maximum atomic E-state index is 13.4. The number of carbonyl (C=O) groups excluding carboxylic acids is 2. The number of aryl methyl sites for hydroxylation is 2. The van der Waals surface area contributed by atoms with Gasteiger partial charge < -0.3 is 19.9 Å². The third kappa shape index (κ3) is 4.09. The highest BCUT2D eigenvalue weighted by atomic mass is 19.4. The molecular weight excluding hydrogens is 355 g/mol. The standard InChI is InChI=1S/C17H22F3NO5/c1-6-26-14(22)11(4)21-13-9(2)7-12(8-10(13)3)16(24,15(23)25-5)17(18,19)20/h7-8,11,21,24H,6H2,1-5H3. The molecule has 0 heterocycles. The minimum absolute atomic E-state index is 0.194. The van der Waals surface area contributed by atoms with Crippen LogP contribution in [0.5, 0.6) is 0 Å². The quantitative estimate of drug-likeness (QED) is 0.742. The molecule has 146 valence electrons. The summed E-state index contributed by atoms with van der Waals surface area (Å²) in [6, 6.07) is 1.32. The van der Waals surface area contributed by atoms with Gasteiger partial charge in [0.2, 0.25) is 0 Å². The molecule has 0 spiro atoms. The van der Waals surface area contributed by atoms with Crippen molar-refractivity contribution in [1.82, 2.24) is 0 Å². The Bertz CT molecular complexity index is 666. The first kappa shape index (κ1) is 21.8. The third-order valence-corrected chi connectivity index (χ3v) is 3.84. The number of ether oxygens (including phenoxy) is 2. The van der Waals surface area contributed by atoms with Gasteiger partial charge in [0.25, 0.3) is 5.60 Å². The van der Waals surface area contributed by atoms with Gasteiger partial charge in [-0.15, -0.1) is 0 Å². The highest BCUT2D eigenvalue weighted by Crippen LogP contribution is 2.41. The van der Waals surface area contributed by atoms with Crippen molar-refractivity contribution in [3.05, 3.63) is 28.8 Å². The van der Waals surface area contributed by atoms with Crippen molar-refractivity contribution >= 4 is 17.6 Å². The summed E-state index contributed by atoms with van der Waals surface area (Å²) in [5.41, 5.74) is -3.43. The molecule has 0 saturated carbocycles. The lowest BCUT2D eigenvalue weighted by molar-refractivity contribution is -0.266. The van der Waals surface area contributed by atoms with E-state index in [2.05, 4.69) is 10.1 Å². The maximum absolute atomic E-state index is 13.4. The van der Waals surface area contributed by atoms with Gasteiger partial charge in [-0.1, -0.05) is 12.1 Å². The monoisotopic (exact) mass is 377 g/mol. The second kappa shape index (κ2) is 7.94. The van der Waals surface area contributed by atoms with Gasteiger partial charge >= 0.3 is 18.1 Å². The Morgan fingerprint density at radius 2 is 1.73 bits per heavy atom. The number of hydrogen-bond acceptors (Lipinski definition) is 6. The molecule has 1 aromatic carbocycles. The molecule has 0 bridgehead atoms. The fourth-order valence-electron chi connectivity index (χ4n) is 2.49. The van der Waals surface area contributed by atoms with Crippen LogP contribution in [0.25, 0.3) is 0 Å². The van der Waals surface area contributed by atoms with E-state index >= 15 is 0 Å². The molecule has 0 aliphatic heterocycles. The Hall–Kier alpha value is -2.29. The fourth-order valence-corrected chi connectivity index (χ4v) is 2.49. The van der Waals surface area contributed by atoms with Crippen LogP contribution in [0.15, 0.2) is 12.1 Å². The predicted octanol–water partition coefficient (Wildman–Crippen LogP) is 2.59. The molecule has 2 unspecified atom stereocenters. The molecule has 0 saturated heterocycles. The van der Waals surface area contributed by atoms with Crippen LogP contribution >= 0.6 is 0 Å². The summed E-state index contributed by atoms with van der Waals surface area (Å²) in [5, 5.41) is 12.9. The minimum atomic E-state index is -5.27. The van der Waals surface area contributed by atoms with Gasteiger partial charge in [-0.2, -0.15) is 13.2 Å². The first-order valence-electron chi connectivity index (χ1n) is 7.82. The summed E-state index contributed by atoms with van der Waals surface area (Å²) in [6.45, 7) is 6.38. The van der Waals surface area contributed by atoms with Gasteiger partial charge in [0.05, 0.1) is 13.7 Å². The lowest BCUT2D eigenvalue weighted by Crippen LogP contribution is -2.50. The molecule has 0 radical (unpaired) electrons. The number of carbonyl (C=O) groups is 2. The van der Waals surface area contributed by atoms with Crippen LogP contribution in [-0.2, 0) is 24.7 Å². The second-order valence-electron chi connectivity index (χ2n) is 5.80. The normalized spacial score (nSPS) is 15.0. The van der Waals surface area contributed by atoms with Crippen LogP contribution in [-0.4, -0.2) is 43.0 Å². The number of aliphatic hydroxyl groups is 1. The Morgan fingerprint density at radius 1 is 1.23 bits per heavy atom. The number of rotatable bonds is 6. The Kier molecular flexibility index (Phi) is 6.65. The third-order valence-electron chi connectivity index (χ3n) is 3.84. The maximum Gasteiger partial charge on any atom is 0.432 e. The average molecular weight is 377 g/mol. The van der Waals surface area contributed by atoms with Crippen LogP contribution in [0.4, 0.5) is 18.9 Å². The molecule has 0 aliphatic rings. The van der Waals surface area contributed by atoms with Crippen LogP contribution < -0.4 is 5.32 Å². The number of esters is 2. The van der Waals surface area contributed by atoms with E-state index < -0.39 is 35.3 Å². The molecule has 6 nitrogen and oxygen atoms in total. The van der Waals surface area contributed by atoms with E-state index in [-0.39, 0.29) is 6.61 Å². The zero-order chi connectivity index (χ0) is 20.3. The van der Waals surface area contributed by atoms with Crippen LogP contribution in [0.3, 0.4) is 0 Å². The van der Waals surface area contributed by atoms with E-state index in [0.717, 1.165) is 19.2 Å². The van der Waals surface area contributed by atoms with E-state index in [1.54, 1.807) is 13.8 Å². The largest absolute Gasteiger partial charge is 0.466 e. The number of methoxy groups -OCH3 is 1. The summed E-state index contributed by atoms with van der Waals surface area (Å²) >= 11 is 0. The number of halogens is 3.